The molecule has 1 aromatic carbocycles. The second-order valence-electron chi connectivity index (χ2n) is 4.23. The van der Waals surface area contributed by atoms with E-state index >= 15 is 0 Å². The van der Waals surface area contributed by atoms with Crippen molar-refractivity contribution in [1.29, 1.82) is 0 Å². The van der Waals surface area contributed by atoms with Gasteiger partial charge in [-0.2, -0.15) is 0 Å². The summed E-state index contributed by atoms with van der Waals surface area (Å²) in [5, 5.41) is 3.58. The fourth-order valence-electron chi connectivity index (χ4n) is 2.27. The number of ether oxygens (including phenoxy) is 2. The van der Waals surface area contributed by atoms with Crippen molar-refractivity contribution >= 4 is 0 Å². The molecule has 0 bridgehead atoms. The van der Waals surface area contributed by atoms with Gasteiger partial charge in [-0.25, -0.2) is 0 Å². The molecule has 2 atom stereocenters. The summed E-state index contributed by atoms with van der Waals surface area (Å²) in [6, 6.07) is 9.20. The number of benzene rings is 1. The van der Waals surface area contributed by atoms with Gasteiger partial charge in [-0.15, -0.1) is 0 Å². The van der Waals surface area contributed by atoms with E-state index in [1.165, 1.54) is 18.4 Å². The maximum atomic E-state index is 5.24. The first-order valence-electron chi connectivity index (χ1n) is 5.72. The van der Waals surface area contributed by atoms with E-state index in [1.807, 2.05) is 12.1 Å². The third-order valence-electron chi connectivity index (χ3n) is 3.10. The van der Waals surface area contributed by atoms with E-state index in [-0.39, 0.29) is 0 Å². The number of rotatable bonds is 4. The van der Waals surface area contributed by atoms with Crippen molar-refractivity contribution in [2.45, 2.75) is 24.9 Å². The van der Waals surface area contributed by atoms with Gasteiger partial charge in [-0.05, 0) is 30.5 Å². The molecule has 0 aromatic heterocycles. The Labute approximate surface area is 96.8 Å². The van der Waals surface area contributed by atoms with E-state index in [1.54, 1.807) is 14.2 Å². The second-order valence-corrected chi connectivity index (χ2v) is 4.23. The van der Waals surface area contributed by atoms with Crippen LogP contribution in [0.15, 0.2) is 24.3 Å². The van der Waals surface area contributed by atoms with Gasteiger partial charge in [0.15, 0.2) is 0 Å². The van der Waals surface area contributed by atoms with E-state index in [2.05, 4.69) is 17.4 Å². The summed E-state index contributed by atoms with van der Waals surface area (Å²) in [5.41, 5.74) is 1.30. The van der Waals surface area contributed by atoms with Crippen LogP contribution < -0.4 is 10.1 Å². The molecule has 1 aliphatic rings. The van der Waals surface area contributed by atoms with Crippen LogP contribution in [0.4, 0.5) is 0 Å². The van der Waals surface area contributed by atoms with Gasteiger partial charge in [0.1, 0.15) is 5.75 Å². The predicted octanol–water partition coefficient (Wildman–Crippen LogP) is 2.13. The summed E-state index contributed by atoms with van der Waals surface area (Å²) in [7, 11) is 3.45. The minimum atomic E-state index is 0.440. The molecule has 1 heterocycles. The van der Waals surface area contributed by atoms with E-state index in [9.17, 15) is 0 Å². The Morgan fingerprint density at radius 2 is 2.19 bits per heavy atom. The molecule has 3 heteroatoms. The molecule has 1 aromatic rings. The molecule has 2 unspecified atom stereocenters. The van der Waals surface area contributed by atoms with Gasteiger partial charge < -0.3 is 14.8 Å². The second kappa shape index (κ2) is 5.32. The molecule has 3 nitrogen and oxygen atoms in total. The van der Waals surface area contributed by atoms with Crippen LogP contribution in [0.25, 0.3) is 0 Å². The van der Waals surface area contributed by atoms with Crippen molar-refractivity contribution in [2.75, 3.05) is 20.8 Å². The van der Waals surface area contributed by atoms with Crippen LogP contribution >= 0.6 is 0 Å². The minimum absolute atomic E-state index is 0.440. The molecule has 1 saturated heterocycles. The Balaban J connectivity index is 2.02. The SMILES string of the molecule is COCC1CCC(c2cccc(OC)c2)N1. The molecular weight excluding hydrogens is 202 g/mol. The molecule has 16 heavy (non-hydrogen) atoms. The van der Waals surface area contributed by atoms with Gasteiger partial charge in [0.25, 0.3) is 0 Å². The van der Waals surface area contributed by atoms with Crippen LogP contribution in [-0.2, 0) is 4.74 Å². The lowest BCUT2D eigenvalue weighted by Gasteiger charge is -2.14. The zero-order valence-electron chi connectivity index (χ0n) is 9.90. The summed E-state index contributed by atoms with van der Waals surface area (Å²) in [6.45, 7) is 0.792. The third kappa shape index (κ3) is 2.54. The highest BCUT2D eigenvalue weighted by Crippen LogP contribution is 2.28. The van der Waals surface area contributed by atoms with Crippen molar-refractivity contribution in [3.05, 3.63) is 29.8 Å². The molecule has 0 aliphatic carbocycles. The fraction of sp³-hybridized carbons (Fsp3) is 0.538. The highest BCUT2D eigenvalue weighted by atomic mass is 16.5. The van der Waals surface area contributed by atoms with Crippen molar-refractivity contribution in [3.8, 4) is 5.75 Å². The number of hydrogen-bond acceptors (Lipinski definition) is 3. The van der Waals surface area contributed by atoms with Gasteiger partial charge in [0, 0.05) is 19.2 Å². The lowest BCUT2D eigenvalue weighted by atomic mass is 10.1. The molecule has 1 N–H and O–H groups in total. The maximum Gasteiger partial charge on any atom is 0.119 e. The van der Waals surface area contributed by atoms with Crippen molar-refractivity contribution in [3.63, 3.8) is 0 Å². The average molecular weight is 221 g/mol. The quantitative estimate of drug-likeness (QED) is 0.845. The van der Waals surface area contributed by atoms with Gasteiger partial charge in [0.2, 0.25) is 0 Å². The van der Waals surface area contributed by atoms with Crippen LogP contribution in [0.3, 0.4) is 0 Å². The normalized spacial score (nSPS) is 24.6. The smallest absolute Gasteiger partial charge is 0.119 e. The molecule has 2 rings (SSSR count). The minimum Gasteiger partial charge on any atom is -0.497 e. The van der Waals surface area contributed by atoms with E-state index in [4.69, 9.17) is 9.47 Å². The zero-order chi connectivity index (χ0) is 11.4. The summed E-state index contributed by atoms with van der Waals surface area (Å²) in [4.78, 5) is 0. The number of hydrogen-bond donors (Lipinski definition) is 1. The van der Waals surface area contributed by atoms with Gasteiger partial charge in [-0.1, -0.05) is 12.1 Å². The number of nitrogens with one attached hydrogen (secondary N) is 1. The van der Waals surface area contributed by atoms with Crippen LogP contribution in [0.5, 0.6) is 5.75 Å². The fourth-order valence-corrected chi connectivity index (χ4v) is 2.27. The summed E-state index contributed by atoms with van der Waals surface area (Å²) in [6.07, 6.45) is 2.34. The molecule has 1 aliphatic heterocycles. The maximum absolute atomic E-state index is 5.24. The monoisotopic (exact) mass is 221 g/mol. The average Bonchev–Trinajstić information content (AvgIpc) is 2.78. The zero-order valence-corrected chi connectivity index (χ0v) is 9.90. The van der Waals surface area contributed by atoms with Crippen LogP contribution in [-0.4, -0.2) is 26.9 Å². The first-order chi connectivity index (χ1) is 7.83. The molecule has 0 saturated carbocycles. The summed E-state index contributed by atoms with van der Waals surface area (Å²) in [5.74, 6) is 0.925. The van der Waals surface area contributed by atoms with E-state index in [0.717, 1.165) is 12.4 Å². The molecule has 0 radical (unpaired) electrons. The molecule has 1 fully saturated rings. The van der Waals surface area contributed by atoms with Gasteiger partial charge >= 0.3 is 0 Å². The Morgan fingerprint density at radius 1 is 1.31 bits per heavy atom. The Morgan fingerprint density at radius 3 is 2.94 bits per heavy atom. The van der Waals surface area contributed by atoms with E-state index in [0.29, 0.717) is 12.1 Å². The van der Waals surface area contributed by atoms with Crippen molar-refractivity contribution in [1.82, 2.24) is 5.32 Å². The molecule has 88 valence electrons. The summed E-state index contributed by atoms with van der Waals surface area (Å²) < 4.78 is 10.4. The lowest BCUT2D eigenvalue weighted by molar-refractivity contribution is 0.172. The lowest BCUT2D eigenvalue weighted by Crippen LogP contribution is -2.28. The highest BCUT2D eigenvalue weighted by molar-refractivity contribution is 5.31. The Hall–Kier alpha value is -1.06. The molecule has 0 spiro atoms. The largest absolute Gasteiger partial charge is 0.497 e. The Kier molecular flexibility index (Phi) is 3.80. The molecular formula is C13H19NO2. The van der Waals surface area contributed by atoms with Crippen LogP contribution in [0, 0.1) is 0 Å². The van der Waals surface area contributed by atoms with Gasteiger partial charge in [0.05, 0.1) is 13.7 Å². The van der Waals surface area contributed by atoms with E-state index < -0.39 is 0 Å². The van der Waals surface area contributed by atoms with Gasteiger partial charge in [-0.3, -0.25) is 0 Å². The van der Waals surface area contributed by atoms with Crippen LogP contribution in [0.2, 0.25) is 0 Å². The Bertz CT molecular complexity index is 340. The van der Waals surface area contributed by atoms with Crippen LogP contribution in [0.1, 0.15) is 24.4 Å². The topological polar surface area (TPSA) is 30.5 Å². The first-order valence-corrected chi connectivity index (χ1v) is 5.72. The standard InChI is InChI=1S/C13H19NO2/c1-15-9-11-6-7-13(14-11)10-4-3-5-12(8-10)16-2/h3-5,8,11,13-14H,6-7,9H2,1-2H3. The summed E-state index contributed by atoms with van der Waals surface area (Å²) >= 11 is 0. The first kappa shape index (κ1) is 11.4. The molecule has 0 amide bonds. The van der Waals surface area contributed by atoms with Crippen molar-refractivity contribution < 1.29 is 9.47 Å². The van der Waals surface area contributed by atoms with Crippen molar-refractivity contribution in [2.24, 2.45) is 0 Å². The number of methoxy groups -OCH3 is 2. The third-order valence-corrected chi connectivity index (χ3v) is 3.10. The highest BCUT2D eigenvalue weighted by Gasteiger charge is 2.24. The predicted molar refractivity (Wildman–Crippen MR) is 63.8 cm³/mol.